The molecule has 2 aliphatic heterocycles. The molecule has 2 aliphatic rings. The Labute approximate surface area is 229 Å². The summed E-state index contributed by atoms with van der Waals surface area (Å²) < 4.78 is 5.50. The molecule has 1 N–H and O–H groups in total. The second-order valence-electron chi connectivity index (χ2n) is 10.2. The van der Waals surface area contributed by atoms with Gasteiger partial charge in [-0.2, -0.15) is 0 Å². The standard InChI is InChI=1S/C27H28ClN3O8/c1-26(2,3)39-25(37)29-15-18(31(24(28)36)38-16-17-9-5-4-6-10-17)13-14-27(29,23(34)35)30-21(32)19-11-7-8-12-20(19)22(30)33/h4-12,18H,13-16H2,1-3H3,(H,34,35)/t18-,27-/m1/s1. The van der Waals surface area contributed by atoms with Crippen LogP contribution in [0.4, 0.5) is 9.59 Å². The molecule has 11 nitrogen and oxygen atoms in total. The Balaban J connectivity index is 1.72. The van der Waals surface area contributed by atoms with Crippen LogP contribution in [0, 0.1) is 0 Å². The van der Waals surface area contributed by atoms with Crippen LogP contribution in [-0.4, -0.2) is 73.1 Å². The number of likely N-dealkylation sites (tertiary alicyclic amines) is 1. The van der Waals surface area contributed by atoms with Crippen LogP contribution in [0.2, 0.25) is 0 Å². The summed E-state index contributed by atoms with van der Waals surface area (Å²) in [6.07, 6.45) is -1.56. The Morgan fingerprint density at radius 1 is 1.03 bits per heavy atom. The lowest BCUT2D eigenvalue weighted by Crippen LogP contribution is -2.73. The molecule has 39 heavy (non-hydrogen) atoms. The normalized spacial score (nSPS) is 21.0. The van der Waals surface area contributed by atoms with Crippen molar-refractivity contribution >= 4 is 40.8 Å². The summed E-state index contributed by atoms with van der Waals surface area (Å²) in [5, 5.41) is 10.4. The number of nitrogens with zero attached hydrogens (tertiary/aromatic N) is 3. The third kappa shape index (κ3) is 5.32. The minimum Gasteiger partial charge on any atom is -0.478 e. The van der Waals surface area contributed by atoms with Gasteiger partial charge in [-0.3, -0.25) is 24.1 Å². The maximum atomic E-state index is 13.5. The van der Waals surface area contributed by atoms with Crippen LogP contribution in [0.5, 0.6) is 0 Å². The van der Waals surface area contributed by atoms with Crippen molar-refractivity contribution in [2.45, 2.75) is 57.5 Å². The molecule has 0 unspecified atom stereocenters. The van der Waals surface area contributed by atoms with Crippen molar-refractivity contribution in [2.75, 3.05) is 6.54 Å². The minimum absolute atomic E-state index is 0.0231. The van der Waals surface area contributed by atoms with Crippen molar-refractivity contribution in [1.82, 2.24) is 14.9 Å². The van der Waals surface area contributed by atoms with Gasteiger partial charge in [-0.1, -0.05) is 42.5 Å². The molecule has 0 saturated carbocycles. The van der Waals surface area contributed by atoms with Crippen LogP contribution in [0.3, 0.4) is 0 Å². The van der Waals surface area contributed by atoms with Crippen LogP contribution in [0.25, 0.3) is 0 Å². The quantitative estimate of drug-likeness (QED) is 0.241. The first-order valence-electron chi connectivity index (χ1n) is 12.2. The number of amides is 4. The first-order chi connectivity index (χ1) is 18.4. The Morgan fingerprint density at radius 2 is 1.59 bits per heavy atom. The van der Waals surface area contributed by atoms with Gasteiger partial charge in [-0.25, -0.2) is 19.6 Å². The number of piperidine rings is 1. The molecule has 2 aromatic rings. The Kier molecular flexibility index (Phi) is 7.67. The number of hydrogen-bond acceptors (Lipinski definition) is 7. The molecule has 4 rings (SSSR count). The molecule has 2 heterocycles. The number of carboxylic acid groups (broad SMARTS) is 1. The van der Waals surface area contributed by atoms with Crippen molar-refractivity contribution < 1.29 is 38.7 Å². The molecular weight excluding hydrogens is 530 g/mol. The van der Waals surface area contributed by atoms with Crippen LogP contribution < -0.4 is 0 Å². The summed E-state index contributed by atoms with van der Waals surface area (Å²) in [7, 11) is 0. The van der Waals surface area contributed by atoms with Crippen LogP contribution >= 0.6 is 11.6 Å². The van der Waals surface area contributed by atoms with E-state index in [2.05, 4.69) is 0 Å². The average molecular weight is 558 g/mol. The lowest BCUT2D eigenvalue weighted by atomic mass is 9.90. The van der Waals surface area contributed by atoms with Crippen molar-refractivity contribution in [1.29, 1.82) is 0 Å². The number of halogens is 1. The number of rotatable bonds is 6. The van der Waals surface area contributed by atoms with Crippen LogP contribution in [0.1, 0.15) is 59.9 Å². The largest absolute Gasteiger partial charge is 0.478 e. The predicted octanol–water partition coefficient (Wildman–Crippen LogP) is 4.26. The zero-order chi connectivity index (χ0) is 28.5. The van der Waals surface area contributed by atoms with Gasteiger partial charge in [0.2, 0.25) is 5.66 Å². The van der Waals surface area contributed by atoms with Gasteiger partial charge in [0.15, 0.2) is 0 Å². The molecule has 2 aromatic carbocycles. The molecule has 1 fully saturated rings. The van der Waals surface area contributed by atoms with E-state index in [1.54, 1.807) is 57.2 Å². The number of imide groups is 1. The van der Waals surface area contributed by atoms with Crippen molar-refractivity contribution in [3.05, 3.63) is 71.3 Å². The number of fused-ring (bicyclic) bond motifs is 1. The molecule has 4 amide bonds. The lowest BCUT2D eigenvalue weighted by molar-refractivity contribution is -0.186. The third-order valence-corrected chi connectivity index (χ3v) is 6.67. The highest BCUT2D eigenvalue weighted by Gasteiger charge is 2.62. The zero-order valence-corrected chi connectivity index (χ0v) is 22.4. The van der Waals surface area contributed by atoms with Gasteiger partial charge >= 0.3 is 17.4 Å². The van der Waals surface area contributed by atoms with Gasteiger partial charge in [0.05, 0.1) is 17.2 Å². The van der Waals surface area contributed by atoms with Crippen molar-refractivity contribution in [2.24, 2.45) is 0 Å². The van der Waals surface area contributed by atoms with Crippen LogP contribution in [0.15, 0.2) is 54.6 Å². The van der Waals surface area contributed by atoms with E-state index in [-0.39, 0.29) is 24.2 Å². The van der Waals surface area contributed by atoms with Gasteiger partial charge < -0.3 is 9.84 Å². The van der Waals surface area contributed by atoms with Gasteiger partial charge in [-0.05, 0) is 56.5 Å². The van der Waals surface area contributed by atoms with Gasteiger partial charge in [0, 0.05) is 13.0 Å². The van der Waals surface area contributed by atoms with E-state index in [0.29, 0.717) is 4.90 Å². The monoisotopic (exact) mass is 557 g/mol. The number of carboxylic acids is 1. The highest BCUT2D eigenvalue weighted by Crippen LogP contribution is 2.40. The van der Waals surface area contributed by atoms with E-state index < -0.39 is 59.5 Å². The van der Waals surface area contributed by atoms with Crippen molar-refractivity contribution in [3.63, 3.8) is 0 Å². The maximum absolute atomic E-state index is 13.5. The smallest absolute Gasteiger partial charge is 0.412 e. The van der Waals surface area contributed by atoms with Crippen LogP contribution in [-0.2, 0) is 21.0 Å². The summed E-state index contributed by atoms with van der Waals surface area (Å²) in [6.45, 7) is 4.31. The summed E-state index contributed by atoms with van der Waals surface area (Å²) in [6, 6.07) is 14.0. The number of ether oxygens (including phenoxy) is 1. The van der Waals surface area contributed by atoms with Gasteiger partial charge in [0.25, 0.3) is 11.8 Å². The molecule has 2 atom stereocenters. The summed E-state index contributed by atoms with van der Waals surface area (Å²) in [4.78, 5) is 72.7. The highest BCUT2D eigenvalue weighted by molar-refractivity contribution is 6.62. The minimum atomic E-state index is -2.42. The molecule has 0 bridgehead atoms. The number of benzene rings is 2. The maximum Gasteiger partial charge on any atom is 0.412 e. The van der Waals surface area contributed by atoms with E-state index in [1.807, 2.05) is 6.07 Å². The summed E-state index contributed by atoms with van der Waals surface area (Å²) in [5.74, 6) is -3.30. The SMILES string of the molecule is CC(C)(C)OC(=O)N1C[C@H](N(OCc2ccccc2)C(=O)Cl)CC[C@]1(C(=O)O)N1C(=O)c2ccccc2C1=O. The Morgan fingerprint density at radius 3 is 2.10 bits per heavy atom. The molecule has 0 aromatic heterocycles. The molecule has 1 saturated heterocycles. The second kappa shape index (κ2) is 10.7. The zero-order valence-electron chi connectivity index (χ0n) is 21.6. The topological polar surface area (TPSA) is 134 Å². The van der Waals surface area contributed by atoms with E-state index in [9.17, 15) is 29.1 Å². The Bertz CT molecular complexity index is 1280. The highest BCUT2D eigenvalue weighted by atomic mass is 35.5. The average Bonchev–Trinajstić information content (AvgIpc) is 3.13. The molecule has 0 radical (unpaired) electrons. The summed E-state index contributed by atoms with van der Waals surface area (Å²) >= 11 is 5.84. The fraction of sp³-hybridized carbons (Fsp3) is 0.370. The van der Waals surface area contributed by atoms with Gasteiger partial charge in [-0.15, -0.1) is 0 Å². The fourth-order valence-electron chi connectivity index (χ4n) is 4.78. The molecule has 206 valence electrons. The van der Waals surface area contributed by atoms with E-state index in [0.717, 1.165) is 15.5 Å². The number of hydroxylamine groups is 2. The number of carbonyl (C=O) groups is 5. The predicted molar refractivity (Wildman–Crippen MR) is 138 cm³/mol. The fourth-order valence-corrected chi connectivity index (χ4v) is 4.97. The first kappa shape index (κ1) is 28.1. The molecular formula is C27H28ClN3O8. The van der Waals surface area contributed by atoms with E-state index in [1.165, 1.54) is 12.1 Å². The Hall–Kier alpha value is -3.96. The molecule has 12 heteroatoms. The lowest BCUT2D eigenvalue weighted by Gasteiger charge is -2.50. The third-order valence-electron chi connectivity index (χ3n) is 6.50. The van der Waals surface area contributed by atoms with Crippen molar-refractivity contribution in [3.8, 4) is 0 Å². The number of carbonyl (C=O) groups excluding carboxylic acids is 4. The first-order valence-corrected chi connectivity index (χ1v) is 12.6. The summed E-state index contributed by atoms with van der Waals surface area (Å²) in [5.41, 5.74) is -2.67. The van der Waals surface area contributed by atoms with E-state index >= 15 is 0 Å². The molecule has 0 aliphatic carbocycles. The second-order valence-corrected chi connectivity index (χ2v) is 10.6. The number of aliphatic carboxylic acids is 1. The van der Waals surface area contributed by atoms with Gasteiger partial charge in [0.1, 0.15) is 12.2 Å². The van der Waals surface area contributed by atoms with E-state index in [4.69, 9.17) is 21.2 Å². The molecule has 0 spiro atoms. The number of hydrogen-bond donors (Lipinski definition) is 1.